The van der Waals surface area contributed by atoms with Crippen molar-refractivity contribution in [1.82, 2.24) is 4.98 Å². The zero-order valence-corrected chi connectivity index (χ0v) is 10.6. The van der Waals surface area contributed by atoms with E-state index >= 15 is 0 Å². The summed E-state index contributed by atoms with van der Waals surface area (Å²) in [5, 5.41) is 3.24. The highest BCUT2D eigenvalue weighted by atomic mass is 35.5. The second-order valence-electron chi connectivity index (χ2n) is 3.77. The van der Waals surface area contributed by atoms with Crippen molar-refractivity contribution in [3.63, 3.8) is 0 Å². The van der Waals surface area contributed by atoms with Gasteiger partial charge in [-0.3, -0.25) is 4.79 Å². The molecule has 1 aromatic carbocycles. The number of hydrogen-bond donors (Lipinski definition) is 2. The van der Waals surface area contributed by atoms with E-state index in [9.17, 15) is 4.79 Å². The van der Waals surface area contributed by atoms with E-state index in [1.54, 1.807) is 31.5 Å². The van der Waals surface area contributed by atoms with Crippen LogP contribution in [0, 0.1) is 0 Å². The molecule has 0 radical (unpaired) electrons. The first-order chi connectivity index (χ1) is 8.69. The van der Waals surface area contributed by atoms with E-state index in [0.717, 1.165) is 5.69 Å². The zero-order chi connectivity index (χ0) is 13.0. The van der Waals surface area contributed by atoms with Crippen molar-refractivity contribution in [3.05, 3.63) is 47.2 Å². The third-order valence-electron chi connectivity index (χ3n) is 2.45. The highest BCUT2D eigenvalue weighted by molar-refractivity contribution is 6.32. The molecule has 2 aromatic rings. The predicted octanol–water partition coefficient (Wildman–Crippen LogP) is 2.86. The van der Waals surface area contributed by atoms with Crippen LogP contribution in [-0.2, 0) is 11.2 Å². The van der Waals surface area contributed by atoms with E-state index in [0.29, 0.717) is 22.9 Å². The molecule has 0 unspecified atom stereocenters. The molecule has 1 amide bonds. The number of carbonyl (C=O) groups is 1. The summed E-state index contributed by atoms with van der Waals surface area (Å²) in [7, 11) is 1.55. The van der Waals surface area contributed by atoms with E-state index in [1.807, 2.05) is 12.1 Å². The molecule has 94 valence electrons. The number of rotatable bonds is 4. The fraction of sp³-hybridized carbons (Fsp3) is 0.154. The van der Waals surface area contributed by atoms with Crippen LogP contribution in [0.4, 0.5) is 5.69 Å². The minimum absolute atomic E-state index is 0.0984. The van der Waals surface area contributed by atoms with Crippen LogP contribution in [0.2, 0.25) is 5.02 Å². The van der Waals surface area contributed by atoms with Crippen molar-refractivity contribution >= 4 is 23.2 Å². The zero-order valence-electron chi connectivity index (χ0n) is 9.87. The highest BCUT2D eigenvalue weighted by Gasteiger charge is 2.06. The average molecular weight is 265 g/mol. The fourth-order valence-electron chi connectivity index (χ4n) is 1.60. The van der Waals surface area contributed by atoms with Crippen LogP contribution < -0.4 is 10.1 Å². The number of aromatic amines is 1. The monoisotopic (exact) mass is 264 g/mol. The quantitative estimate of drug-likeness (QED) is 0.892. The molecule has 0 saturated carbocycles. The molecule has 1 heterocycles. The Hall–Kier alpha value is -1.94. The van der Waals surface area contributed by atoms with Crippen LogP contribution in [0.5, 0.6) is 5.75 Å². The van der Waals surface area contributed by atoms with Crippen molar-refractivity contribution in [2.24, 2.45) is 0 Å². The highest BCUT2D eigenvalue weighted by Crippen LogP contribution is 2.27. The van der Waals surface area contributed by atoms with Crippen LogP contribution in [0.1, 0.15) is 5.69 Å². The summed E-state index contributed by atoms with van der Waals surface area (Å²) in [6, 6.07) is 8.84. The van der Waals surface area contributed by atoms with Gasteiger partial charge in [0.2, 0.25) is 5.91 Å². The van der Waals surface area contributed by atoms with E-state index in [1.165, 1.54) is 0 Å². The average Bonchev–Trinajstić information content (AvgIpc) is 2.82. The summed E-state index contributed by atoms with van der Waals surface area (Å²) in [5.74, 6) is 0.484. The van der Waals surface area contributed by atoms with Crippen molar-refractivity contribution in [1.29, 1.82) is 0 Å². The Morgan fingerprint density at radius 2 is 2.28 bits per heavy atom. The Morgan fingerprint density at radius 3 is 2.89 bits per heavy atom. The fourth-order valence-corrected chi connectivity index (χ4v) is 1.86. The lowest BCUT2D eigenvalue weighted by atomic mass is 10.2. The van der Waals surface area contributed by atoms with E-state index in [2.05, 4.69) is 10.3 Å². The molecule has 2 rings (SSSR count). The Labute approximate surface area is 110 Å². The molecule has 5 heteroatoms. The van der Waals surface area contributed by atoms with Crippen LogP contribution in [0.15, 0.2) is 36.5 Å². The number of ether oxygens (including phenoxy) is 1. The minimum atomic E-state index is -0.0984. The van der Waals surface area contributed by atoms with Gasteiger partial charge in [0, 0.05) is 17.6 Å². The number of amides is 1. The third kappa shape index (κ3) is 3.05. The van der Waals surface area contributed by atoms with Gasteiger partial charge >= 0.3 is 0 Å². The summed E-state index contributed by atoms with van der Waals surface area (Å²) in [4.78, 5) is 14.7. The normalized spacial score (nSPS) is 10.1. The largest absolute Gasteiger partial charge is 0.495 e. The van der Waals surface area contributed by atoms with Crippen molar-refractivity contribution in [2.75, 3.05) is 12.4 Å². The van der Waals surface area contributed by atoms with Gasteiger partial charge in [-0.1, -0.05) is 11.6 Å². The molecule has 0 atom stereocenters. The van der Waals surface area contributed by atoms with Crippen LogP contribution in [0.25, 0.3) is 0 Å². The van der Waals surface area contributed by atoms with Gasteiger partial charge in [-0.15, -0.1) is 0 Å². The molecule has 1 aromatic heterocycles. The molecule has 18 heavy (non-hydrogen) atoms. The van der Waals surface area contributed by atoms with Gasteiger partial charge in [-0.25, -0.2) is 0 Å². The Morgan fingerprint density at radius 1 is 1.44 bits per heavy atom. The standard InChI is InChI=1S/C13H13ClN2O2/c1-18-12-5-4-10(7-11(12)14)16-13(17)8-9-3-2-6-15-9/h2-7,15H,8H2,1H3,(H,16,17). The molecular formula is C13H13ClN2O2. The van der Waals surface area contributed by atoms with Gasteiger partial charge in [-0.05, 0) is 30.3 Å². The van der Waals surface area contributed by atoms with Crippen molar-refractivity contribution < 1.29 is 9.53 Å². The van der Waals surface area contributed by atoms with E-state index in [4.69, 9.17) is 16.3 Å². The Bertz CT molecular complexity index is 538. The summed E-state index contributed by atoms with van der Waals surface area (Å²) in [5.41, 5.74) is 1.52. The number of benzene rings is 1. The van der Waals surface area contributed by atoms with Crippen LogP contribution in [0.3, 0.4) is 0 Å². The molecule has 0 saturated heterocycles. The number of carbonyl (C=O) groups excluding carboxylic acids is 1. The molecule has 0 fully saturated rings. The first kappa shape index (κ1) is 12.5. The number of anilines is 1. The van der Waals surface area contributed by atoms with Crippen LogP contribution in [-0.4, -0.2) is 18.0 Å². The Balaban J connectivity index is 2.01. The maximum absolute atomic E-state index is 11.7. The second-order valence-corrected chi connectivity index (χ2v) is 4.18. The number of halogens is 1. The van der Waals surface area contributed by atoms with Gasteiger partial charge in [-0.2, -0.15) is 0 Å². The smallest absolute Gasteiger partial charge is 0.230 e. The SMILES string of the molecule is COc1ccc(NC(=O)Cc2ccc[nH]2)cc1Cl. The number of H-pyrrole nitrogens is 1. The second kappa shape index (κ2) is 5.60. The summed E-state index contributed by atoms with van der Waals surface area (Å²) in [6.07, 6.45) is 2.09. The molecule has 0 spiro atoms. The van der Waals surface area contributed by atoms with Gasteiger partial charge in [0.25, 0.3) is 0 Å². The molecule has 0 bridgehead atoms. The van der Waals surface area contributed by atoms with E-state index in [-0.39, 0.29) is 5.91 Å². The van der Waals surface area contributed by atoms with Gasteiger partial charge in [0.15, 0.2) is 0 Å². The van der Waals surface area contributed by atoms with Gasteiger partial charge in [0.05, 0.1) is 18.6 Å². The summed E-state index contributed by atoms with van der Waals surface area (Å²) >= 11 is 5.97. The third-order valence-corrected chi connectivity index (χ3v) is 2.74. The van der Waals surface area contributed by atoms with Crippen molar-refractivity contribution in [3.8, 4) is 5.75 Å². The number of methoxy groups -OCH3 is 1. The topological polar surface area (TPSA) is 54.1 Å². The lowest BCUT2D eigenvalue weighted by Gasteiger charge is -2.07. The molecular weight excluding hydrogens is 252 g/mol. The summed E-state index contributed by atoms with van der Waals surface area (Å²) in [6.45, 7) is 0. The lowest BCUT2D eigenvalue weighted by molar-refractivity contribution is -0.115. The van der Waals surface area contributed by atoms with Crippen LogP contribution >= 0.6 is 11.6 Å². The molecule has 2 N–H and O–H groups in total. The van der Waals surface area contributed by atoms with Crippen molar-refractivity contribution in [2.45, 2.75) is 6.42 Å². The number of nitrogens with one attached hydrogen (secondary N) is 2. The minimum Gasteiger partial charge on any atom is -0.495 e. The summed E-state index contributed by atoms with van der Waals surface area (Å²) < 4.78 is 5.04. The molecule has 0 aliphatic heterocycles. The molecule has 4 nitrogen and oxygen atoms in total. The molecule has 0 aliphatic rings. The maximum atomic E-state index is 11.7. The van der Waals surface area contributed by atoms with E-state index < -0.39 is 0 Å². The predicted molar refractivity (Wildman–Crippen MR) is 71.1 cm³/mol. The first-order valence-electron chi connectivity index (χ1n) is 5.44. The first-order valence-corrected chi connectivity index (χ1v) is 5.82. The Kier molecular flexibility index (Phi) is 3.89. The molecule has 0 aliphatic carbocycles. The number of aromatic nitrogens is 1. The number of hydrogen-bond acceptors (Lipinski definition) is 2. The lowest BCUT2D eigenvalue weighted by Crippen LogP contribution is -2.14. The van der Waals surface area contributed by atoms with Gasteiger partial charge < -0.3 is 15.0 Å². The maximum Gasteiger partial charge on any atom is 0.230 e. The van der Waals surface area contributed by atoms with Gasteiger partial charge in [0.1, 0.15) is 5.75 Å².